The minimum atomic E-state index is -0.0613. The third kappa shape index (κ3) is 19.2. The number of hydrogen-bond acceptors (Lipinski definition) is 7. The van der Waals surface area contributed by atoms with Gasteiger partial charge in [0.25, 0.3) is 0 Å². The van der Waals surface area contributed by atoms with Crippen LogP contribution in [0.3, 0.4) is 0 Å². The summed E-state index contributed by atoms with van der Waals surface area (Å²) in [5, 5.41) is 16.9. The molecule has 1 atom stereocenters. The van der Waals surface area contributed by atoms with E-state index in [0.717, 1.165) is 61.8 Å². The van der Waals surface area contributed by atoms with Crippen LogP contribution >= 0.6 is 0 Å². The van der Waals surface area contributed by atoms with Gasteiger partial charge in [-0.05, 0) is 89.8 Å². The number of nitrogens with zero attached hydrogens (tertiary/aromatic N) is 2. The molecule has 8 heteroatoms. The van der Waals surface area contributed by atoms with Gasteiger partial charge in [0.1, 0.15) is 11.6 Å². The van der Waals surface area contributed by atoms with Crippen molar-refractivity contribution in [3.63, 3.8) is 0 Å². The highest BCUT2D eigenvalue weighted by molar-refractivity contribution is 6.09. The molecule has 0 aromatic carbocycles. The molecule has 3 N–H and O–H groups in total. The van der Waals surface area contributed by atoms with Gasteiger partial charge >= 0.3 is 0 Å². The first kappa shape index (κ1) is 41.8. The molecule has 1 aromatic rings. The summed E-state index contributed by atoms with van der Waals surface area (Å²) < 4.78 is 13.5. The van der Waals surface area contributed by atoms with Gasteiger partial charge in [-0.1, -0.05) is 77.7 Å². The van der Waals surface area contributed by atoms with Crippen LogP contribution in [0.5, 0.6) is 5.75 Å². The lowest BCUT2D eigenvalue weighted by molar-refractivity contribution is -0.122. The minimum absolute atomic E-state index is 0.0613. The molecule has 2 fully saturated rings. The molecule has 3 aliphatic rings. The molecule has 0 amide bonds. The number of aromatic hydroxyl groups is 1. The van der Waals surface area contributed by atoms with E-state index in [0.29, 0.717) is 17.7 Å². The lowest BCUT2D eigenvalue weighted by Gasteiger charge is -2.30. The van der Waals surface area contributed by atoms with Crippen LogP contribution in [0.25, 0.3) is 0 Å². The van der Waals surface area contributed by atoms with Crippen molar-refractivity contribution < 1.29 is 19.1 Å². The van der Waals surface area contributed by atoms with E-state index in [1.54, 1.807) is 13.0 Å². The molecule has 7 nitrogen and oxygen atoms in total. The number of hydrogen-bond donors (Lipinski definition) is 3. The van der Waals surface area contributed by atoms with E-state index in [1.165, 1.54) is 61.9 Å². The number of rotatable bonds is 14. The highest BCUT2D eigenvalue weighted by atomic mass is 19.1. The number of halogens is 1. The fraction of sp³-hybridized carbons (Fsp3) is 0.615. The first-order valence-corrected chi connectivity index (χ1v) is 17.7. The van der Waals surface area contributed by atoms with Crippen molar-refractivity contribution in [2.75, 3.05) is 25.0 Å². The molecule has 1 saturated heterocycles. The highest BCUT2D eigenvalue weighted by Gasteiger charge is 2.29. The van der Waals surface area contributed by atoms with E-state index >= 15 is 0 Å². The van der Waals surface area contributed by atoms with Crippen LogP contribution in [0.1, 0.15) is 119 Å². The molecule has 264 valence electrons. The molecule has 1 unspecified atom stereocenters. The second-order valence-corrected chi connectivity index (χ2v) is 13.1. The molecule has 2 aliphatic carbocycles. The van der Waals surface area contributed by atoms with Crippen LogP contribution in [0.2, 0.25) is 0 Å². The summed E-state index contributed by atoms with van der Waals surface area (Å²) in [7, 11) is 0. The van der Waals surface area contributed by atoms with Crippen molar-refractivity contribution in [3.05, 3.63) is 64.6 Å². The van der Waals surface area contributed by atoms with E-state index in [4.69, 9.17) is 9.59 Å². The molecule has 1 aliphatic heterocycles. The lowest BCUT2D eigenvalue weighted by Crippen LogP contribution is -2.34. The normalized spacial score (nSPS) is 17.6. The lowest BCUT2D eigenvalue weighted by atomic mass is 9.98. The number of aryl methyl sites for hydroxylation is 1. The maximum Gasteiger partial charge on any atom is 0.182 e. The summed E-state index contributed by atoms with van der Waals surface area (Å²) in [5.74, 6) is 1.74. The Balaban J connectivity index is 0.000000387. The van der Waals surface area contributed by atoms with Crippen molar-refractivity contribution in [2.45, 2.75) is 126 Å². The monoisotopic (exact) mass is 654 g/mol. The van der Waals surface area contributed by atoms with Crippen molar-refractivity contribution in [3.8, 4) is 5.75 Å². The number of likely N-dealkylation sites (tertiary alicyclic amines) is 1. The number of carbonyl (C=O) groups excluding carboxylic acids is 2. The number of nitrogens with one attached hydrogen (secondary N) is 2. The Bertz CT molecular complexity index is 1180. The Morgan fingerprint density at radius 2 is 1.70 bits per heavy atom. The molecule has 1 aromatic heterocycles. The van der Waals surface area contributed by atoms with E-state index in [9.17, 15) is 9.50 Å². The maximum absolute atomic E-state index is 13.5. The van der Waals surface area contributed by atoms with Gasteiger partial charge in [0.2, 0.25) is 0 Å². The van der Waals surface area contributed by atoms with E-state index in [-0.39, 0.29) is 18.4 Å². The van der Waals surface area contributed by atoms with Gasteiger partial charge in [-0.25, -0.2) is 4.39 Å². The maximum atomic E-state index is 13.5. The Kier molecular flexibility index (Phi) is 21.3. The molecule has 0 spiro atoms. The van der Waals surface area contributed by atoms with Crippen molar-refractivity contribution in [1.82, 2.24) is 15.2 Å². The van der Waals surface area contributed by atoms with Crippen molar-refractivity contribution in [1.29, 1.82) is 0 Å². The second kappa shape index (κ2) is 24.0. The highest BCUT2D eigenvalue weighted by Crippen LogP contribution is 2.34. The average Bonchev–Trinajstić information content (AvgIpc) is 4.02. The van der Waals surface area contributed by atoms with Crippen LogP contribution in [-0.2, 0) is 16.0 Å². The molecular formula is C39H63FN4O3. The Morgan fingerprint density at radius 1 is 1.06 bits per heavy atom. The van der Waals surface area contributed by atoms with Gasteiger partial charge in [0.05, 0.1) is 17.6 Å². The molecular weight excluding hydrogens is 591 g/mol. The minimum Gasteiger partial charge on any atom is -0.506 e. The third-order valence-corrected chi connectivity index (χ3v) is 8.63. The summed E-state index contributed by atoms with van der Waals surface area (Å²) >= 11 is 0. The molecule has 0 radical (unpaired) electrons. The molecule has 47 heavy (non-hydrogen) atoms. The molecule has 0 bridgehead atoms. The predicted molar refractivity (Wildman–Crippen MR) is 195 cm³/mol. The summed E-state index contributed by atoms with van der Waals surface area (Å²) in [5.41, 5.74) is 6.21. The third-order valence-electron chi connectivity index (χ3n) is 8.63. The summed E-state index contributed by atoms with van der Waals surface area (Å²) in [6, 6.07) is 2.49. The zero-order valence-corrected chi connectivity index (χ0v) is 30.5. The summed E-state index contributed by atoms with van der Waals surface area (Å²) in [6.45, 7) is 19.6. The summed E-state index contributed by atoms with van der Waals surface area (Å²) in [4.78, 5) is 24.4. The van der Waals surface area contributed by atoms with E-state index < -0.39 is 0 Å². The molecule has 4 rings (SSSR count). The first-order chi connectivity index (χ1) is 22.5. The van der Waals surface area contributed by atoms with Crippen LogP contribution in [0, 0.1) is 11.8 Å². The quantitative estimate of drug-likeness (QED) is 0.105. The Labute approximate surface area is 284 Å². The molecule has 2 heterocycles. The molecule has 1 saturated carbocycles. The van der Waals surface area contributed by atoms with Crippen LogP contribution in [-0.4, -0.2) is 53.2 Å². The van der Waals surface area contributed by atoms with Gasteiger partial charge in [-0.3, -0.25) is 19.5 Å². The average molecular weight is 655 g/mol. The number of anilines is 1. The van der Waals surface area contributed by atoms with Gasteiger partial charge < -0.3 is 15.7 Å². The van der Waals surface area contributed by atoms with Crippen LogP contribution in [0.4, 0.5) is 10.1 Å². The van der Waals surface area contributed by atoms with Crippen LogP contribution < -0.4 is 10.6 Å². The van der Waals surface area contributed by atoms with Gasteiger partial charge in [-0.15, -0.1) is 0 Å². The SMILES string of the molecule is CCC(C)CCc1ncc(NC2=C(NC3CC3)C2)cc1O.CCCC.C\C=C(C)/C=C\C(CN1CCC(C)CC1)=C(/C)F.O=CC=O. The largest absolute Gasteiger partial charge is 0.506 e. The number of pyridine rings is 1. The predicted octanol–water partition coefficient (Wildman–Crippen LogP) is 9.22. The zero-order valence-electron chi connectivity index (χ0n) is 30.5. The zero-order chi connectivity index (χ0) is 35.2. The van der Waals surface area contributed by atoms with E-state index in [2.05, 4.69) is 55.1 Å². The summed E-state index contributed by atoms with van der Waals surface area (Å²) in [6.07, 6.45) is 19.9. The van der Waals surface area contributed by atoms with Crippen molar-refractivity contribution >= 4 is 18.3 Å². The van der Waals surface area contributed by atoms with E-state index in [1.807, 2.05) is 38.3 Å². The van der Waals surface area contributed by atoms with Gasteiger partial charge in [0.15, 0.2) is 12.6 Å². The fourth-order valence-electron chi connectivity index (χ4n) is 4.43. The smallest absolute Gasteiger partial charge is 0.182 e. The van der Waals surface area contributed by atoms with Gasteiger partial charge in [0, 0.05) is 36.5 Å². The Hall–Kier alpha value is -3.26. The van der Waals surface area contributed by atoms with Crippen molar-refractivity contribution in [2.24, 2.45) is 11.8 Å². The second-order valence-electron chi connectivity index (χ2n) is 13.1. The van der Waals surface area contributed by atoms with Crippen LogP contribution in [0.15, 0.2) is 58.9 Å². The Morgan fingerprint density at radius 3 is 2.19 bits per heavy atom. The number of unbranched alkanes of at least 4 members (excludes halogenated alkanes) is 1. The first-order valence-electron chi connectivity index (χ1n) is 17.7. The number of carbonyl (C=O) groups is 2. The number of allylic oxidation sites excluding steroid dienone is 6. The topological polar surface area (TPSA) is 94.6 Å². The number of aldehydes is 2. The van der Waals surface area contributed by atoms with Gasteiger partial charge in [-0.2, -0.15) is 0 Å². The number of piperidine rings is 1. The standard InChI is InChI=1S/C17H25N3O.C16H26FN.C4H10.C2H2O2/c1-3-11(2)4-7-14-17(21)8-13(10-18-14)20-16-9-15(16)19-12-5-6-12;1-5-13(2)6-7-16(15(4)17)12-18-10-8-14(3)9-11-18;1-3-4-2;3-1-2-4/h8,10-12,19-21H,3-7,9H2,1-2H3;5-7,14H,8-12H2,1-4H3;3-4H2,1-2H3;1-2H/b;7-6-,13-5-,16-15-;;. The fourth-order valence-corrected chi connectivity index (χ4v) is 4.43. The number of aromatic nitrogens is 1.